The van der Waals surface area contributed by atoms with Gasteiger partial charge in [0.05, 0.1) is 15.7 Å². The van der Waals surface area contributed by atoms with Gasteiger partial charge in [-0.2, -0.15) is 8.78 Å². The van der Waals surface area contributed by atoms with Crippen LogP contribution in [0.5, 0.6) is 0 Å². The largest absolute Gasteiger partial charge is 0.478 e. The lowest BCUT2D eigenvalue weighted by Gasteiger charge is -2.31. The van der Waals surface area contributed by atoms with E-state index in [0.717, 1.165) is 23.1 Å². The fourth-order valence-corrected chi connectivity index (χ4v) is 3.84. The molecule has 26 heavy (non-hydrogen) atoms. The minimum atomic E-state index is -4.59. The molecule has 0 bridgehead atoms. The number of carboxylic acids is 1. The number of nitrogens with zero attached hydrogens (tertiary/aromatic N) is 2. The predicted molar refractivity (Wildman–Crippen MR) is 83.9 cm³/mol. The van der Waals surface area contributed by atoms with Crippen LogP contribution in [0.15, 0.2) is 18.2 Å². The van der Waals surface area contributed by atoms with E-state index in [0.29, 0.717) is 0 Å². The number of benzene rings is 1. The van der Waals surface area contributed by atoms with Crippen molar-refractivity contribution in [3.8, 4) is 0 Å². The van der Waals surface area contributed by atoms with Crippen molar-refractivity contribution in [3.05, 3.63) is 39.4 Å². The number of likely N-dealkylation sites (tertiary alicyclic amines) is 1. The SMILES string of the molecule is O=C(O)c1cc(C(=O)N2CCC(S(=O)(=O)C(F)F)CC2)cc([N+](=O)[O-])c1. The second kappa shape index (κ2) is 7.32. The van der Waals surface area contributed by atoms with Gasteiger partial charge in [0.2, 0.25) is 9.84 Å². The molecule has 9 nitrogen and oxygen atoms in total. The Morgan fingerprint density at radius 3 is 2.19 bits per heavy atom. The molecule has 1 aliphatic heterocycles. The van der Waals surface area contributed by atoms with Crippen molar-refractivity contribution >= 4 is 27.4 Å². The lowest BCUT2D eigenvalue weighted by Crippen LogP contribution is -2.43. The first-order valence-electron chi connectivity index (χ1n) is 7.37. The normalized spacial score (nSPS) is 15.9. The summed E-state index contributed by atoms with van der Waals surface area (Å²) in [7, 11) is -4.59. The Morgan fingerprint density at radius 1 is 1.19 bits per heavy atom. The van der Waals surface area contributed by atoms with Crippen LogP contribution in [-0.2, 0) is 9.84 Å². The lowest BCUT2D eigenvalue weighted by molar-refractivity contribution is -0.384. The molecule has 0 atom stereocenters. The molecule has 142 valence electrons. The van der Waals surface area contributed by atoms with Gasteiger partial charge in [0.1, 0.15) is 0 Å². The van der Waals surface area contributed by atoms with E-state index < -0.39 is 48.9 Å². The molecule has 12 heteroatoms. The highest BCUT2D eigenvalue weighted by molar-refractivity contribution is 7.92. The molecule has 0 unspecified atom stereocenters. The van der Waals surface area contributed by atoms with Crippen molar-refractivity contribution in [2.24, 2.45) is 0 Å². The zero-order valence-electron chi connectivity index (χ0n) is 13.2. The Balaban J connectivity index is 2.21. The molecule has 1 saturated heterocycles. The van der Waals surface area contributed by atoms with Crippen LogP contribution >= 0.6 is 0 Å². The first kappa shape index (κ1) is 19.7. The molecule has 1 aromatic carbocycles. The van der Waals surface area contributed by atoms with E-state index in [-0.39, 0.29) is 31.5 Å². The minimum Gasteiger partial charge on any atom is -0.478 e. The molecule has 1 fully saturated rings. The van der Waals surface area contributed by atoms with Crippen LogP contribution in [0.1, 0.15) is 33.6 Å². The molecule has 2 rings (SSSR count). The van der Waals surface area contributed by atoms with Crippen molar-refractivity contribution in [1.82, 2.24) is 4.90 Å². The van der Waals surface area contributed by atoms with E-state index in [1.54, 1.807) is 0 Å². The standard InChI is InChI=1S/C14H14F2N2O7S/c15-14(16)26(24,25)11-1-3-17(4-2-11)12(19)8-5-9(13(20)21)7-10(6-8)18(22)23/h5-7,11,14H,1-4H2,(H,20,21). The van der Waals surface area contributed by atoms with Crippen LogP contribution in [0.25, 0.3) is 0 Å². The molecule has 0 spiro atoms. The number of rotatable bonds is 5. The number of sulfone groups is 1. The van der Waals surface area contributed by atoms with Gasteiger partial charge in [0.25, 0.3) is 11.6 Å². The number of halogens is 2. The molecule has 1 aromatic rings. The smallest absolute Gasteiger partial charge is 0.337 e. The van der Waals surface area contributed by atoms with Gasteiger partial charge in [0, 0.05) is 30.8 Å². The van der Waals surface area contributed by atoms with Crippen LogP contribution in [0.4, 0.5) is 14.5 Å². The lowest BCUT2D eigenvalue weighted by atomic mass is 10.1. The van der Waals surface area contributed by atoms with Crippen LogP contribution < -0.4 is 0 Å². The molecule has 1 amide bonds. The van der Waals surface area contributed by atoms with Crippen LogP contribution in [0.3, 0.4) is 0 Å². The summed E-state index contributed by atoms with van der Waals surface area (Å²) in [6.07, 6.45) is -0.391. The van der Waals surface area contributed by atoms with Gasteiger partial charge >= 0.3 is 11.7 Å². The third-order valence-corrected chi connectivity index (χ3v) is 5.96. The summed E-state index contributed by atoms with van der Waals surface area (Å²) in [5.41, 5.74) is -1.27. The fraction of sp³-hybridized carbons (Fsp3) is 0.429. The van der Waals surface area contributed by atoms with Gasteiger partial charge in [0.15, 0.2) is 0 Å². The first-order chi connectivity index (χ1) is 12.0. The van der Waals surface area contributed by atoms with Gasteiger partial charge in [-0.25, -0.2) is 13.2 Å². The first-order valence-corrected chi connectivity index (χ1v) is 8.98. The van der Waals surface area contributed by atoms with Gasteiger partial charge < -0.3 is 10.0 Å². The number of piperidine rings is 1. The van der Waals surface area contributed by atoms with Gasteiger partial charge in [-0.3, -0.25) is 14.9 Å². The van der Waals surface area contributed by atoms with E-state index in [9.17, 15) is 36.9 Å². The topological polar surface area (TPSA) is 135 Å². The van der Waals surface area contributed by atoms with Crippen molar-refractivity contribution in [2.75, 3.05) is 13.1 Å². The summed E-state index contributed by atoms with van der Waals surface area (Å²) in [5.74, 6) is -5.68. The minimum absolute atomic E-state index is 0.138. The van der Waals surface area contributed by atoms with E-state index in [1.165, 1.54) is 0 Å². The van der Waals surface area contributed by atoms with Gasteiger partial charge in [-0.05, 0) is 18.9 Å². The number of carboxylic acid groups (broad SMARTS) is 1. The van der Waals surface area contributed by atoms with Crippen LogP contribution in [0.2, 0.25) is 0 Å². The highest BCUT2D eigenvalue weighted by atomic mass is 32.2. The Labute approximate surface area is 146 Å². The maximum absolute atomic E-state index is 12.6. The third kappa shape index (κ3) is 3.95. The van der Waals surface area contributed by atoms with Gasteiger partial charge in [-0.1, -0.05) is 0 Å². The summed E-state index contributed by atoms with van der Waals surface area (Å²) in [6, 6.07) is 2.69. The monoisotopic (exact) mass is 392 g/mol. The quantitative estimate of drug-likeness (QED) is 0.593. The van der Waals surface area contributed by atoms with Crippen LogP contribution in [0, 0.1) is 10.1 Å². The average Bonchev–Trinajstić information content (AvgIpc) is 2.60. The van der Waals surface area contributed by atoms with Crippen LogP contribution in [-0.4, -0.2) is 59.3 Å². The molecule has 0 aromatic heterocycles. The number of non-ortho nitro benzene ring substituents is 1. The average molecular weight is 392 g/mol. The second-order valence-electron chi connectivity index (χ2n) is 5.67. The molecule has 0 saturated carbocycles. The zero-order chi connectivity index (χ0) is 19.6. The number of amides is 1. The summed E-state index contributed by atoms with van der Waals surface area (Å²) in [5, 5.41) is 18.6. The van der Waals surface area contributed by atoms with E-state index in [4.69, 9.17) is 5.11 Å². The highest BCUT2D eigenvalue weighted by Gasteiger charge is 2.37. The number of hydrogen-bond acceptors (Lipinski definition) is 6. The second-order valence-corrected chi connectivity index (χ2v) is 7.87. The maximum Gasteiger partial charge on any atom is 0.337 e. The van der Waals surface area contributed by atoms with E-state index in [2.05, 4.69) is 0 Å². The summed E-state index contributed by atoms with van der Waals surface area (Å²) >= 11 is 0. The van der Waals surface area contributed by atoms with Crippen molar-refractivity contribution in [2.45, 2.75) is 23.8 Å². The summed E-state index contributed by atoms with van der Waals surface area (Å²) in [6.45, 7) is -0.277. The predicted octanol–water partition coefficient (Wildman–Crippen LogP) is 1.54. The summed E-state index contributed by atoms with van der Waals surface area (Å²) in [4.78, 5) is 34.7. The van der Waals surface area contributed by atoms with Crippen molar-refractivity contribution in [3.63, 3.8) is 0 Å². The Kier molecular flexibility index (Phi) is 5.54. The van der Waals surface area contributed by atoms with E-state index in [1.807, 2.05) is 0 Å². The third-order valence-electron chi connectivity index (χ3n) is 4.06. The maximum atomic E-state index is 12.6. The Hall–Kier alpha value is -2.63. The molecule has 1 heterocycles. The number of nitro groups is 1. The number of hydrogen-bond donors (Lipinski definition) is 1. The number of aromatic carboxylic acids is 1. The molecule has 1 aliphatic rings. The van der Waals surface area contributed by atoms with Crippen molar-refractivity contribution in [1.29, 1.82) is 0 Å². The number of carbonyl (C=O) groups is 2. The summed E-state index contributed by atoms with van der Waals surface area (Å²) < 4.78 is 48.1. The number of alkyl halides is 2. The molecule has 0 aliphatic carbocycles. The molecular formula is C14H14F2N2O7S. The number of nitro benzene ring substituents is 1. The van der Waals surface area contributed by atoms with E-state index >= 15 is 0 Å². The van der Waals surface area contributed by atoms with Crippen molar-refractivity contribution < 1.29 is 36.8 Å². The molecule has 1 N–H and O–H groups in total. The Morgan fingerprint density at radius 2 is 1.73 bits per heavy atom. The Bertz CT molecular complexity index is 817. The number of carbonyl (C=O) groups excluding carboxylic acids is 1. The fourth-order valence-electron chi connectivity index (χ4n) is 2.68. The molecule has 0 radical (unpaired) electrons. The molecular weight excluding hydrogens is 378 g/mol. The van der Waals surface area contributed by atoms with Gasteiger partial charge in [-0.15, -0.1) is 0 Å². The highest BCUT2D eigenvalue weighted by Crippen LogP contribution is 2.25. The zero-order valence-corrected chi connectivity index (χ0v) is 14.0.